The van der Waals surface area contributed by atoms with Gasteiger partial charge >= 0.3 is 0 Å². The Bertz CT molecular complexity index is 1030. The van der Waals surface area contributed by atoms with E-state index in [4.69, 9.17) is 23.2 Å². The average molecular weight is 434 g/mol. The first-order chi connectivity index (χ1) is 13.4. The monoisotopic (exact) mass is 433 g/mol. The number of carbonyl (C=O) groups is 2. The predicted molar refractivity (Wildman–Crippen MR) is 112 cm³/mol. The van der Waals surface area contributed by atoms with Crippen molar-refractivity contribution >= 4 is 52.3 Å². The smallest absolute Gasteiger partial charge is 0.234 e. The maximum absolute atomic E-state index is 13.0. The Kier molecular flexibility index (Phi) is 6.73. The van der Waals surface area contributed by atoms with Crippen LogP contribution in [-0.2, 0) is 4.79 Å². The van der Waals surface area contributed by atoms with Crippen LogP contribution in [0, 0.1) is 5.82 Å². The van der Waals surface area contributed by atoms with Gasteiger partial charge in [-0.05, 0) is 54.6 Å². The van der Waals surface area contributed by atoms with Crippen molar-refractivity contribution in [3.8, 4) is 0 Å². The van der Waals surface area contributed by atoms with Gasteiger partial charge < -0.3 is 5.32 Å². The Hall–Kier alpha value is -2.34. The number of ketones is 1. The standard InChI is InChI=1S/C21H14Cl2FNO2S/c22-13-5-10-19(17(11-13)21(27)16-3-1-2-4-18(16)23)25-20(26)12-28-15-8-6-14(24)7-9-15/h1-11H,12H2,(H,25,26). The Morgan fingerprint density at radius 3 is 2.36 bits per heavy atom. The minimum Gasteiger partial charge on any atom is -0.325 e. The van der Waals surface area contributed by atoms with Crippen LogP contribution in [0.15, 0.2) is 71.6 Å². The molecule has 3 rings (SSSR count). The summed E-state index contributed by atoms with van der Waals surface area (Å²) in [5, 5.41) is 3.42. The fourth-order valence-electron chi connectivity index (χ4n) is 2.47. The SMILES string of the molecule is O=C(CSc1ccc(F)cc1)Nc1ccc(Cl)cc1C(=O)c1ccccc1Cl. The Morgan fingerprint density at radius 1 is 0.929 bits per heavy atom. The number of halogens is 3. The van der Waals surface area contributed by atoms with Gasteiger partial charge in [-0.1, -0.05) is 35.3 Å². The minimum atomic E-state index is -0.338. The Labute approximate surface area is 175 Å². The van der Waals surface area contributed by atoms with Crippen molar-refractivity contribution in [2.75, 3.05) is 11.1 Å². The predicted octanol–water partition coefficient (Wildman–Crippen LogP) is 6.09. The van der Waals surface area contributed by atoms with Gasteiger partial charge in [0, 0.05) is 21.0 Å². The third-order valence-corrected chi connectivity index (χ3v) is 5.38. The van der Waals surface area contributed by atoms with Gasteiger partial charge in [-0.15, -0.1) is 11.8 Å². The van der Waals surface area contributed by atoms with Crippen molar-refractivity contribution in [1.29, 1.82) is 0 Å². The van der Waals surface area contributed by atoms with Crippen LogP contribution in [0.4, 0.5) is 10.1 Å². The summed E-state index contributed by atoms with van der Waals surface area (Å²) in [6.45, 7) is 0. The number of carbonyl (C=O) groups excluding carboxylic acids is 2. The summed E-state index contributed by atoms with van der Waals surface area (Å²) in [6, 6.07) is 17.2. The number of benzene rings is 3. The van der Waals surface area contributed by atoms with Crippen molar-refractivity contribution < 1.29 is 14.0 Å². The van der Waals surface area contributed by atoms with Crippen LogP contribution in [0.25, 0.3) is 0 Å². The lowest BCUT2D eigenvalue weighted by molar-refractivity contribution is -0.113. The van der Waals surface area contributed by atoms with E-state index in [1.165, 1.54) is 30.0 Å². The summed E-state index contributed by atoms with van der Waals surface area (Å²) in [5.74, 6) is -0.870. The molecule has 0 bridgehead atoms. The van der Waals surface area contributed by atoms with Crippen molar-refractivity contribution in [2.24, 2.45) is 0 Å². The first-order valence-electron chi connectivity index (χ1n) is 8.21. The maximum atomic E-state index is 13.0. The zero-order valence-electron chi connectivity index (χ0n) is 14.4. The number of hydrogen-bond acceptors (Lipinski definition) is 3. The summed E-state index contributed by atoms with van der Waals surface area (Å²) in [6.07, 6.45) is 0. The molecule has 1 amide bonds. The molecule has 0 aliphatic rings. The van der Waals surface area contributed by atoms with E-state index < -0.39 is 0 Å². The molecule has 0 aliphatic heterocycles. The Balaban J connectivity index is 1.77. The first-order valence-corrected chi connectivity index (χ1v) is 9.95. The number of amides is 1. The average Bonchev–Trinajstić information content (AvgIpc) is 2.69. The fourth-order valence-corrected chi connectivity index (χ4v) is 3.56. The highest BCUT2D eigenvalue weighted by Crippen LogP contribution is 2.27. The second kappa shape index (κ2) is 9.24. The molecule has 3 nitrogen and oxygen atoms in total. The quantitative estimate of drug-likeness (QED) is 0.377. The van der Waals surface area contributed by atoms with E-state index in [1.807, 2.05) is 0 Å². The lowest BCUT2D eigenvalue weighted by Crippen LogP contribution is -2.17. The van der Waals surface area contributed by atoms with Crippen LogP contribution >= 0.6 is 35.0 Å². The molecule has 0 aliphatic carbocycles. The minimum absolute atomic E-state index is 0.105. The van der Waals surface area contributed by atoms with E-state index in [0.29, 0.717) is 21.3 Å². The van der Waals surface area contributed by atoms with Crippen LogP contribution in [0.1, 0.15) is 15.9 Å². The third kappa shape index (κ3) is 5.13. The van der Waals surface area contributed by atoms with Gasteiger partial charge in [0.05, 0.1) is 16.5 Å². The highest BCUT2D eigenvalue weighted by atomic mass is 35.5. The van der Waals surface area contributed by atoms with Crippen LogP contribution < -0.4 is 5.32 Å². The molecule has 0 atom stereocenters. The zero-order chi connectivity index (χ0) is 20.1. The molecule has 1 N–H and O–H groups in total. The van der Waals surface area contributed by atoms with Gasteiger partial charge in [0.1, 0.15) is 5.82 Å². The molecule has 0 saturated heterocycles. The topological polar surface area (TPSA) is 46.2 Å². The summed E-state index contributed by atoms with van der Waals surface area (Å²) in [4.78, 5) is 26.0. The van der Waals surface area contributed by atoms with E-state index >= 15 is 0 Å². The second-order valence-corrected chi connectivity index (χ2v) is 7.68. The van der Waals surface area contributed by atoms with Crippen LogP contribution in [0.2, 0.25) is 10.0 Å². The fraction of sp³-hybridized carbons (Fsp3) is 0.0476. The van der Waals surface area contributed by atoms with Crippen molar-refractivity contribution in [3.05, 3.63) is 93.7 Å². The van der Waals surface area contributed by atoms with E-state index in [-0.39, 0.29) is 28.8 Å². The molecule has 3 aromatic rings. The van der Waals surface area contributed by atoms with Crippen molar-refractivity contribution in [1.82, 2.24) is 0 Å². The second-order valence-electron chi connectivity index (χ2n) is 5.79. The number of thioether (sulfide) groups is 1. The largest absolute Gasteiger partial charge is 0.325 e. The summed E-state index contributed by atoms with van der Waals surface area (Å²) in [7, 11) is 0. The van der Waals surface area contributed by atoms with E-state index in [1.54, 1.807) is 48.5 Å². The molecule has 3 aromatic carbocycles. The van der Waals surface area contributed by atoms with Gasteiger partial charge in [-0.25, -0.2) is 4.39 Å². The van der Waals surface area contributed by atoms with Crippen LogP contribution in [-0.4, -0.2) is 17.4 Å². The molecule has 0 aromatic heterocycles. The molecule has 0 heterocycles. The maximum Gasteiger partial charge on any atom is 0.234 e. The zero-order valence-corrected chi connectivity index (χ0v) is 16.7. The molecule has 28 heavy (non-hydrogen) atoms. The van der Waals surface area contributed by atoms with E-state index in [2.05, 4.69) is 5.32 Å². The highest BCUT2D eigenvalue weighted by Gasteiger charge is 2.18. The summed E-state index contributed by atoms with van der Waals surface area (Å²) < 4.78 is 13.0. The van der Waals surface area contributed by atoms with Gasteiger partial charge in [0.15, 0.2) is 5.78 Å². The van der Waals surface area contributed by atoms with Crippen molar-refractivity contribution in [2.45, 2.75) is 4.90 Å². The normalized spacial score (nSPS) is 10.5. The highest BCUT2D eigenvalue weighted by molar-refractivity contribution is 8.00. The Morgan fingerprint density at radius 2 is 1.64 bits per heavy atom. The molecule has 0 spiro atoms. The van der Waals surface area contributed by atoms with Gasteiger partial charge in [0.2, 0.25) is 5.91 Å². The number of rotatable bonds is 6. The molecule has 0 radical (unpaired) electrons. The first kappa shape index (κ1) is 20.4. The molecule has 0 saturated carbocycles. The van der Waals surface area contributed by atoms with Crippen LogP contribution in [0.3, 0.4) is 0 Å². The van der Waals surface area contributed by atoms with Gasteiger partial charge in [-0.3, -0.25) is 9.59 Å². The lowest BCUT2D eigenvalue weighted by Gasteiger charge is -2.12. The summed E-state index contributed by atoms with van der Waals surface area (Å²) in [5.41, 5.74) is 0.919. The van der Waals surface area contributed by atoms with Crippen LogP contribution in [0.5, 0.6) is 0 Å². The molecule has 142 valence electrons. The molecule has 0 unspecified atom stereocenters. The van der Waals surface area contributed by atoms with Crippen molar-refractivity contribution in [3.63, 3.8) is 0 Å². The lowest BCUT2D eigenvalue weighted by atomic mass is 10.0. The third-order valence-electron chi connectivity index (χ3n) is 3.80. The number of hydrogen-bond donors (Lipinski definition) is 1. The van der Waals surface area contributed by atoms with Gasteiger partial charge in [0.25, 0.3) is 0 Å². The number of nitrogens with one attached hydrogen (secondary N) is 1. The molecule has 0 fully saturated rings. The summed E-state index contributed by atoms with van der Waals surface area (Å²) >= 11 is 13.4. The van der Waals surface area contributed by atoms with E-state index in [0.717, 1.165) is 4.90 Å². The van der Waals surface area contributed by atoms with E-state index in [9.17, 15) is 14.0 Å². The molecular weight excluding hydrogens is 420 g/mol. The molecule has 7 heteroatoms. The molecular formula is C21H14Cl2FNO2S. The number of anilines is 1. The van der Waals surface area contributed by atoms with Gasteiger partial charge in [-0.2, -0.15) is 0 Å².